The predicted molar refractivity (Wildman–Crippen MR) is 80.2 cm³/mol. The predicted octanol–water partition coefficient (Wildman–Crippen LogP) is 4.40. The molecule has 2 aromatic carbocycles. The molecule has 2 aromatic rings. The fourth-order valence-electron chi connectivity index (χ4n) is 1.58. The molecule has 2 rings (SSSR count). The third-order valence-corrected chi connectivity index (χ3v) is 3.49. The van der Waals surface area contributed by atoms with E-state index in [4.69, 9.17) is 11.6 Å². The monoisotopic (exact) mass is 372 g/mol. The molecule has 0 saturated heterocycles. The number of nitro groups is 1. The summed E-state index contributed by atoms with van der Waals surface area (Å²) >= 11 is 8.74. The Bertz CT molecular complexity index is 739. The Kier molecular flexibility index (Phi) is 4.54. The second-order valence-electron chi connectivity index (χ2n) is 4.00. The van der Waals surface area contributed by atoms with Crippen molar-refractivity contribution >= 4 is 44.8 Å². The summed E-state index contributed by atoms with van der Waals surface area (Å²) in [5.74, 6) is -1.33. The first-order valence-electron chi connectivity index (χ1n) is 5.59. The minimum Gasteiger partial charge on any atom is -0.319 e. The number of rotatable bonds is 3. The average Bonchev–Trinajstić information content (AvgIpc) is 2.43. The molecular formula is C13H7BrClFN2O3. The second kappa shape index (κ2) is 6.19. The zero-order valence-electron chi connectivity index (χ0n) is 10.3. The van der Waals surface area contributed by atoms with Crippen LogP contribution in [0.3, 0.4) is 0 Å². The minimum absolute atomic E-state index is 0.0317. The molecule has 108 valence electrons. The van der Waals surface area contributed by atoms with Crippen LogP contribution in [0, 0.1) is 15.9 Å². The first-order valence-corrected chi connectivity index (χ1v) is 6.76. The molecule has 0 bridgehead atoms. The van der Waals surface area contributed by atoms with Crippen molar-refractivity contribution in [1.82, 2.24) is 0 Å². The summed E-state index contributed by atoms with van der Waals surface area (Å²) in [7, 11) is 0. The molecule has 1 N–H and O–H groups in total. The van der Waals surface area contributed by atoms with Crippen molar-refractivity contribution in [3.05, 3.63) is 67.4 Å². The first-order chi connectivity index (χ1) is 9.88. The Morgan fingerprint density at radius 3 is 2.67 bits per heavy atom. The van der Waals surface area contributed by atoms with Crippen molar-refractivity contribution < 1.29 is 14.1 Å². The lowest BCUT2D eigenvalue weighted by atomic mass is 10.2. The van der Waals surface area contributed by atoms with Crippen LogP contribution in [-0.2, 0) is 0 Å². The van der Waals surface area contributed by atoms with Crippen LogP contribution in [0.5, 0.6) is 0 Å². The van der Waals surface area contributed by atoms with Gasteiger partial charge >= 0.3 is 0 Å². The highest BCUT2D eigenvalue weighted by molar-refractivity contribution is 9.10. The maximum Gasteiger partial charge on any atom is 0.284 e. The Balaban J connectivity index is 2.30. The lowest BCUT2D eigenvalue weighted by molar-refractivity contribution is -0.385. The molecule has 0 aromatic heterocycles. The van der Waals surface area contributed by atoms with Crippen molar-refractivity contribution in [2.75, 3.05) is 5.32 Å². The van der Waals surface area contributed by atoms with Gasteiger partial charge in [-0.05, 0) is 46.3 Å². The van der Waals surface area contributed by atoms with E-state index in [1.807, 2.05) is 0 Å². The van der Waals surface area contributed by atoms with E-state index in [9.17, 15) is 19.3 Å². The zero-order valence-corrected chi connectivity index (χ0v) is 12.6. The Hall–Kier alpha value is -1.99. The van der Waals surface area contributed by atoms with Crippen LogP contribution in [-0.4, -0.2) is 10.8 Å². The van der Waals surface area contributed by atoms with Crippen molar-refractivity contribution in [1.29, 1.82) is 0 Å². The highest BCUT2D eigenvalue weighted by atomic mass is 79.9. The average molecular weight is 374 g/mol. The van der Waals surface area contributed by atoms with Gasteiger partial charge in [-0.15, -0.1) is 0 Å². The van der Waals surface area contributed by atoms with Crippen molar-refractivity contribution in [2.45, 2.75) is 0 Å². The molecule has 5 nitrogen and oxygen atoms in total. The highest BCUT2D eigenvalue weighted by Crippen LogP contribution is 2.26. The SMILES string of the molecule is O=C(Nc1cc(Cl)ccc1F)c1ccc(Br)c([N+](=O)[O-])c1. The maximum absolute atomic E-state index is 13.5. The van der Waals surface area contributed by atoms with Gasteiger partial charge in [-0.3, -0.25) is 14.9 Å². The summed E-state index contributed by atoms with van der Waals surface area (Å²) in [6, 6.07) is 7.57. The van der Waals surface area contributed by atoms with Crippen LogP contribution in [0.15, 0.2) is 40.9 Å². The molecule has 0 aliphatic heterocycles. The lowest BCUT2D eigenvalue weighted by Crippen LogP contribution is -2.13. The van der Waals surface area contributed by atoms with E-state index in [-0.39, 0.29) is 26.4 Å². The van der Waals surface area contributed by atoms with E-state index in [2.05, 4.69) is 21.2 Å². The summed E-state index contributed by atoms with van der Waals surface area (Å²) in [5, 5.41) is 13.4. The van der Waals surface area contributed by atoms with E-state index < -0.39 is 16.6 Å². The molecular weight excluding hydrogens is 367 g/mol. The summed E-state index contributed by atoms with van der Waals surface area (Å²) in [6.07, 6.45) is 0. The second-order valence-corrected chi connectivity index (χ2v) is 5.29. The van der Waals surface area contributed by atoms with Crippen molar-refractivity contribution in [3.63, 3.8) is 0 Å². The Morgan fingerprint density at radius 1 is 1.29 bits per heavy atom. The van der Waals surface area contributed by atoms with Crippen LogP contribution in [0.1, 0.15) is 10.4 Å². The van der Waals surface area contributed by atoms with Crippen LogP contribution in [0.4, 0.5) is 15.8 Å². The molecule has 8 heteroatoms. The van der Waals surface area contributed by atoms with E-state index in [1.54, 1.807) is 0 Å². The van der Waals surface area contributed by atoms with Gasteiger partial charge in [0, 0.05) is 16.7 Å². The van der Waals surface area contributed by atoms with E-state index in [1.165, 1.54) is 24.3 Å². The van der Waals surface area contributed by atoms with Gasteiger partial charge in [-0.25, -0.2) is 4.39 Å². The molecule has 0 spiro atoms. The molecule has 0 atom stereocenters. The largest absolute Gasteiger partial charge is 0.319 e. The van der Waals surface area contributed by atoms with Gasteiger partial charge in [0.2, 0.25) is 0 Å². The molecule has 0 heterocycles. The number of benzene rings is 2. The Morgan fingerprint density at radius 2 is 2.00 bits per heavy atom. The van der Waals surface area contributed by atoms with Gasteiger partial charge in [0.15, 0.2) is 0 Å². The Labute approximate surface area is 132 Å². The number of amides is 1. The molecule has 0 fully saturated rings. The first kappa shape index (κ1) is 15.4. The van der Waals surface area contributed by atoms with Crippen molar-refractivity contribution in [2.24, 2.45) is 0 Å². The fraction of sp³-hybridized carbons (Fsp3) is 0. The van der Waals surface area contributed by atoms with Gasteiger partial charge in [-0.2, -0.15) is 0 Å². The molecule has 0 aliphatic carbocycles. The van der Waals surface area contributed by atoms with E-state index >= 15 is 0 Å². The zero-order chi connectivity index (χ0) is 15.6. The summed E-state index contributed by atoms with van der Waals surface area (Å²) in [6.45, 7) is 0. The normalized spacial score (nSPS) is 10.2. The van der Waals surface area contributed by atoms with E-state index in [0.29, 0.717) is 0 Å². The molecule has 0 unspecified atom stereocenters. The lowest BCUT2D eigenvalue weighted by Gasteiger charge is -2.07. The smallest absolute Gasteiger partial charge is 0.284 e. The van der Waals surface area contributed by atoms with Crippen LogP contribution < -0.4 is 5.32 Å². The highest BCUT2D eigenvalue weighted by Gasteiger charge is 2.17. The maximum atomic E-state index is 13.5. The van der Waals surface area contributed by atoms with Crippen LogP contribution in [0.25, 0.3) is 0 Å². The fourth-order valence-corrected chi connectivity index (χ4v) is 2.15. The number of hydrogen-bond acceptors (Lipinski definition) is 3. The standard InChI is InChI=1S/C13H7BrClFN2O3/c14-9-3-1-7(5-12(9)18(20)21)13(19)17-11-6-8(15)2-4-10(11)16/h1-6H,(H,17,19). The quantitative estimate of drug-likeness (QED) is 0.640. The van der Waals surface area contributed by atoms with Crippen molar-refractivity contribution in [3.8, 4) is 0 Å². The number of carbonyl (C=O) groups excluding carboxylic acids is 1. The number of nitrogens with one attached hydrogen (secondary N) is 1. The molecule has 0 radical (unpaired) electrons. The van der Waals surface area contributed by atoms with E-state index in [0.717, 1.165) is 12.1 Å². The third-order valence-electron chi connectivity index (χ3n) is 2.58. The number of nitrogens with zero attached hydrogens (tertiary/aromatic N) is 1. The number of halogens is 3. The summed E-state index contributed by atoms with van der Waals surface area (Å²) < 4.78 is 13.8. The van der Waals surface area contributed by atoms with Gasteiger partial charge in [0.25, 0.3) is 11.6 Å². The number of nitro benzene ring substituents is 1. The van der Waals surface area contributed by atoms with Gasteiger partial charge < -0.3 is 5.32 Å². The summed E-state index contributed by atoms with van der Waals surface area (Å²) in [4.78, 5) is 22.2. The molecule has 1 amide bonds. The molecule has 0 aliphatic rings. The van der Waals surface area contributed by atoms with Gasteiger partial charge in [-0.1, -0.05) is 11.6 Å². The van der Waals surface area contributed by atoms with Crippen LogP contribution >= 0.6 is 27.5 Å². The number of carbonyl (C=O) groups is 1. The molecule has 21 heavy (non-hydrogen) atoms. The van der Waals surface area contributed by atoms with Gasteiger partial charge in [0.05, 0.1) is 15.1 Å². The molecule has 0 saturated carbocycles. The minimum atomic E-state index is -0.674. The topological polar surface area (TPSA) is 72.2 Å². The number of hydrogen-bond donors (Lipinski definition) is 1. The number of anilines is 1. The summed E-state index contributed by atoms with van der Waals surface area (Å²) in [5.41, 5.74) is -0.323. The third kappa shape index (κ3) is 3.56. The van der Waals surface area contributed by atoms with Crippen LogP contribution in [0.2, 0.25) is 5.02 Å². The van der Waals surface area contributed by atoms with Gasteiger partial charge in [0.1, 0.15) is 5.82 Å².